The smallest absolute Gasteiger partial charge is 0.238 e. The summed E-state index contributed by atoms with van der Waals surface area (Å²) in [6.07, 6.45) is 0.138. The van der Waals surface area contributed by atoms with E-state index >= 15 is 0 Å². The largest absolute Gasteiger partial charge is 0.274 e. The molecule has 1 saturated heterocycles. The predicted molar refractivity (Wildman–Crippen MR) is 62.5 cm³/mol. The zero-order valence-electron chi connectivity index (χ0n) is 8.89. The van der Waals surface area contributed by atoms with Crippen molar-refractivity contribution in [3.8, 4) is 6.07 Å². The number of imide groups is 1. The maximum absolute atomic E-state index is 11.9. The maximum Gasteiger partial charge on any atom is 0.238 e. The lowest BCUT2D eigenvalue weighted by Gasteiger charge is -2.14. The number of hydrogen-bond donors (Lipinski definition) is 0. The molecule has 4 nitrogen and oxygen atoms in total. The van der Waals surface area contributed by atoms with Crippen molar-refractivity contribution in [2.75, 3.05) is 10.8 Å². The van der Waals surface area contributed by atoms with Gasteiger partial charge in [-0.2, -0.15) is 5.26 Å². The summed E-state index contributed by atoms with van der Waals surface area (Å²) in [5, 5.41) is 8.78. The molecular weight excluding hydrogens is 240 g/mol. The molecule has 0 saturated carbocycles. The summed E-state index contributed by atoms with van der Waals surface area (Å²) >= 11 is 5.63. The number of rotatable bonds is 2. The molecule has 1 aliphatic heterocycles. The maximum atomic E-state index is 11.9. The summed E-state index contributed by atoms with van der Waals surface area (Å²) in [7, 11) is 0. The molecule has 1 aromatic rings. The summed E-state index contributed by atoms with van der Waals surface area (Å²) in [6.45, 7) is 0. The Kier molecular flexibility index (Phi) is 3.12. The van der Waals surface area contributed by atoms with Crippen molar-refractivity contribution in [1.82, 2.24) is 0 Å². The van der Waals surface area contributed by atoms with Crippen LogP contribution in [0.3, 0.4) is 0 Å². The standard InChI is InChI=1S/C12H9ClN2O2/c13-6-9-5-11(16)15(12(9)17)10-3-1-2-8(4-10)7-14/h1-4,9H,5-6H2. The minimum atomic E-state index is -0.449. The topological polar surface area (TPSA) is 61.2 Å². The first-order valence-electron chi connectivity index (χ1n) is 5.10. The highest BCUT2D eigenvalue weighted by atomic mass is 35.5. The molecule has 0 bridgehead atoms. The van der Waals surface area contributed by atoms with E-state index in [1.165, 1.54) is 6.07 Å². The van der Waals surface area contributed by atoms with E-state index in [-0.39, 0.29) is 24.1 Å². The molecule has 86 valence electrons. The van der Waals surface area contributed by atoms with Gasteiger partial charge in [-0.15, -0.1) is 11.6 Å². The highest BCUT2D eigenvalue weighted by Gasteiger charge is 2.38. The number of amides is 2. The minimum Gasteiger partial charge on any atom is -0.274 e. The molecule has 0 aromatic heterocycles. The first-order valence-corrected chi connectivity index (χ1v) is 5.63. The van der Waals surface area contributed by atoms with Gasteiger partial charge in [-0.1, -0.05) is 6.07 Å². The lowest BCUT2D eigenvalue weighted by Crippen LogP contribution is -2.30. The van der Waals surface area contributed by atoms with E-state index in [0.717, 1.165) is 4.90 Å². The number of nitrogens with zero attached hydrogens (tertiary/aromatic N) is 2. The molecule has 0 spiro atoms. The number of alkyl halides is 1. The lowest BCUT2D eigenvalue weighted by atomic mass is 10.1. The Bertz CT molecular complexity index is 521. The van der Waals surface area contributed by atoms with Gasteiger partial charge in [0.25, 0.3) is 0 Å². The molecule has 0 radical (unpaired) electrons. The van der Waals surface area contributed by atoms with Crippen molar-refractivity contribution in [3.63, 3.8) is 0 Å². The number of hydrogen-bond acceptors (Lipinski definition) is 3. The Morgan fingerprint density at radius 2 is 2.24 bits per heavy atom. The molecule has 1 aliphatic rings. The van der Waals surface area contributed by atoms with Crippen LogP contribution < -0.4 is 4.90 Å². The first-order chi connectivity index (χ1) is 8.17. The van der Waals surface area contributed by atoms with Gasteiger partial charge in [0, 0.05) is 12.3 Å². The number of nitriles is 1. The van der Waals surface area contributed by atoms with Crippen LogP contribution in [-0.4, -0.2) is 17.7 Å². The fourth-order valence-corrected chi connectivity index (χ4v) is 2.04. The van der Waals surface area contributed by atoms with E-state index in [0.29, 0.717) is 11.3 Å². The van der Waals surface area contributed by atoms with E-state index < -0.39 is 5.92 Å². The van der Waals surface area contributed by atoms with Crippen molar-refractivity contribution in [1.29, 1.82) is 5.26 Å². The van der Waals surface area contributed by atoms with Gasteiger partial charge < -0.3 is 0 Å². The molecule has 1 aromatic carbocycles. The summed E-state index contributed by atoms with van der Waals surface area (Å²) in [4.78, 5) is 24.7. The second-order valence-electron chi connectivity index (χ2n) is 3.78. The van der Waals surface area contributed by atoms with E-state index in [1.807, 2.05) is 6.07 Å². The SMILES string of the molecule is N#Cc1cccc(N2C(=O)CC(CCl)C2=O)c1. The Morgan fingerprint density at radius 3 is 2.82 bits per heavy atom. The lowest BCUT2D eigenvalue weighted by molar-refractivity contribution is -0.122. The summed E-state index contributed by atoms with van der Waals surface area (Å²) < 4.78 is 0. The third-order valence-electron chi connectivity index (χ3n) is 2.66. The highest BCUT2D eigenvalue weighted by molar-refractivity contribution is 6.25. The molecule has 5 heteroatoms. The number of carbonyl (C=O) groups excluding carboxylic acids is 2. The van der Waals surface area contributed by atoms with Crippen LogP contribution >= 0.6 is 11.6 Å². The van der Waals surface area contributed by atoms with Crippen molar-refractivity contribution in [2.45, 2.75) is 6.42 Å². The third-order valence-corrected chi connectivity index (χ3v) is 3.03. The van der Waals surface area contributed by atoms with Gasteiger partial charge in [-0.05, 0) is 18.2 Å². The molecule has 17 heavy (non-hydrogen) atoms. The molecule has 2 rings (SSSR count). The van der Waals surface area contributed by atoms with E-state index in [2.05, 4.69) is 0 Å². The monoisotopic (exact) mass is 248 g/mol. The van der Waals surface area contributed by atoms with Crippen molar-refractivity contribution in [3.05, 3.63) is 29.8 Å². The quantitative estimate of drug-likeness (QED) is 0.591. The van der Waals surface area contributed by atoms with Gasteiger partial charge in [-0.25, -0.2) is 0 Å². The Balaban J connectivity index is 2.37. The van der Waals surface area contributed by atoms with Gasteiger partial charge in [-0.3, -0.25) is 14.5 Å². The molecular formula is C12H9ClN2O2. The van der Waals surface area contributed by atoms with Gasteiger partial charge in [0.05, 0.1) is 23.2 Å². The predicted octanol–water partition coefficient (Wildman–Crippen LogP) is 1.68. The first kappa shape index (κ1) is 11.6. The van der Waals surface area contributed by atoms with Crippen molar-refractivity contribution >= 4 is 29.1 Å². The fourth-order valence-electron chi connectivity index (χ4n) is 1.80. The van der Waals surface area contributed by atoms with Crippen LogP contribution in [0.4, 0.5) is 5.69 Å². The summed E-state index contributed by atoms with van der Waals surface area (Å²) in [5.41, 5.74) is 0.851. The number of carbonyl (C=O) groups is 2. The normalized spacial score (nSPS) is 19.5. The second-order valence-corrected chi connectivity index (χ2v) is 4.09. The average molecular weight is 249 g/mol. The third kappa shape index (κ3) is 2.02. The van der Waals surface area contributed by atoms with E-state index in [4.69, 9.17) is 16.9 Å². The van der Waals surface area contributed by atoms with Crippen molar-refractivity contribution < 1.29 is 9.59 Å². The molecule has 2 amide bonds. The number of halogens is 1. The second kappa shape index (κ2) is 4.56. The number of anilines is 1. The van der Waals surface area contributed by atoms with Crippen LogP contribution in [0.5, 0.6) is 0 Å². The van der Waals surface area contributed by atoms with Crippen LogP contribution in [0.1, 0.15) is 12.0 Å². The average Bonchev–Trinajstić information content (AvgIpc) is 2.64. The number of benzene rings is 1. The molecule has 1 atom stereocenters. The zero-order chi connectivity index (χ0) is 12.4. The summed E-state index contributed by atoms with van der Waals surface area (Å²) in [5.74, 6) is -0.871. The van der Waals surface area contributed by atoms with Crippen molar-refractivity contribution in [2.24, 2.45) is 5.92 Å². The Morgan fingerprint density at radius 1 is 1.47 bits per heavy atom. The molecule has 1 unspecified atom stereocenters. The molecule has 0 N–H and O–H groups in total. The van der Waals surface area contributed by atoms with Crippen LogP contribution in [0.2, 0.25) is 0 Å². The van der Waals surface area contributed by atoms with E-state index in [9.17, 15) is 9.59 Å². The van der Waals surface area contributed by atoms with Gasteiger partial charge in [0.2, 0.25) is 11.8 Å². The van der Waals surface area contributed by atoms with Gasteiger partial charge in [0.1, 0.15) is 0 Å². The molecule has 1 fully saturated rings. The highest BCUT2D eigenvalue weighted by Crippen LogP contribution is 2.27. The van der Waals surface area contributed by atoms with E-state index in [1.54, 1.807) is 18.2 Å². The van der Waals surface area contributed by atoms with Crippen LogP contribution in [0.25, 0.3) is 0 Å². The Hall–Kier alpha value is -1.86. The van der Waals surface area contributed by atoms with Crippen LogP contribution in [0, 0.1) is 17.2 Å². The zero-order valence-corrected chi connectivity index (χ0v) is 9.65. The van der Waals surface area contributed by atoms with Crippen LogP contribution in [0.15, 0.2) is 24.3 Å². The Labute approximate surface area is 103 Å². The van der Waals surface area contributed by atoms with Gasteiger partial charge >= 0.3 is 0 Å². The van der Waals surface area contributed by atoms with Crippen LogP contribution in [-0.2, 0) is 9.59 Å². The molecule has 0 aliphatic carbocycles. The fraction of sp³-hybridized carbons (Fsp3) is 0.250. The minimum absolute atomic E-state index is 0.138. The summed E-state index contributed by atoms with van der Waals surface area (Å²) in [6, 6.07) is 8.38. The van der Waals surface area contributed by atoms with Gasteiger partial charge in [0.15, 0.2) is 0 Å². The molecule has 1 heterocycles.